The number of aromatic nitrogens is 1. The molecule has 3 nitrogen and oxygen atoms in total. The first-order valence-corrected chi connectivity index (χ1v) is 5.35. The van der Waals surface area contributed by atoms with Crippen molar-refractivity contribution in [3.63, 3.8) is 0 Å². The molecule has 0 bridgehead atoms. The summed E-state index contributed by atoms with van der Waals surface area (Å²) in [6.45, 7) is 3.86. The van der Waals surface area contributed by atoms with Crippen LogP contribution in [0.4, 0.5) is 0 Å². The van der Waals surface area contributed by atoms with E-state index in [0.29, 0.717) is 5.92 Å². The summed E-state index contributed by atoms with van der Waals surface area (Å²) >= 11 is 1.72. The molecule has 0 amide bonds. The van der Waals surface area contributed by atoms with Crippen LogP contribution in [0.25, 0.3) is 0 Å². The van der Waals surface area contributed by atoms with E-state index in [1.807, 2.05) is 19.2 Å². The zero-order valence-electron chi connectivity index (χ0n) is 7.91. The van der Waals surface area contributed by atoms with Crippen LogP contribution < -0.4 is 5.90 Å². The second-order valence-corrected chi connectivity index (χ2v) is 4.86. The van der Waals surface area contributed by atoms with Crippen LogP contribution >= 0.6 is 11.3 Å². The van der Waals surface area contributed by atoms with Crippen molar-refractivity contribution in [2.24, 2.45) is 5.90 Å². The van der Waals surface area contributed by atoms with E-state index in [1.165, 1.54) is 17.8 Å². The van der Waals surface area contributed by atoms with Gasteiger partial charge in [0.15, 0.2) is 0 Å². The Bertz CT molecular complexity index is 304. The summed E-state index contributed by atoms with van der Waals surface area (Å²) in [5.41, 5.74) is 0.491. The van der Waals surface area contributed by atoms with Crippen LogP contribution in [-0.2, 0) is 10.4 Å². The van der Waals surface area contributed by atoms with Crippen LogP contribution in [0.5, 0.6) is 0 Å². The molecule has 1 fully saturated rings. The van der Waals surface area contributed by atoms with Gasteiger partial charge in [0.05, 0.1) is 10.7 Å². The second kappa shape index (κ2) is 3.04. The van der Waals surface area contributed by atoms with Crippen LogP contribution in [0.3, 0.4) is 0 Å². The smallest absolute Gasteiger partial charge is 0.126 e. The first-order valence-electron chi connectivity index (χ1n) is 4.47. The molecule has 1 aliphatic carbocycles. The molecule has 0 saturated heterocycles. The van der Waals surface area contributed by atoms with E-state index < -0.39 is 5.60 Å². The molecule has 1 aliphatic rings. The SMILES string of the molecule is CC(C)(ON)c1csc(C2CC2)n1. The first kappa shape index (κ1) is 9.12. The number of hydrogen-bond donors (Lipinski definition) is 1. The lowest BCUT2D eigenvalue weighted by Crippen LogP contribution is -2.25. The van der Waals surface area contributed by atoms with Gasteiger partial charge < -0.3 is 0 Å². The van der Waals surface area contributed by atoms with Gasteiger partial charge in [-0.25, -0.2) is 10.9 Å². The third-order valence-electron chi connectivity index (χ3n) is 2.36. The fraction of sp³-hybridized carbons (Fsp3) is 0.667. The fourth-order valence-electron chi connectivity index (χ4n) is 1.14. The minimum absolute atomic E-state index is 0.455. The largest absolute Gasteiger partial charge is 0.292 e. The van der Waals surface area contributed by atoms with Crippen molar-refractivity contribution in [2.45, 2.75) is 38.2 Å². The topological polar surface area (TPSA) is 48.1 Å². The van der Waals surface area contributed by atoms with Crippen molar-refractivity contribution in [3.05, 3.63) is 16.1 Å². The van der Waals surface area contributed by atoms with Gasteiger partial charge in [-0.2, -0.15) is 0 Å². The molecule has 0 aliphatic heterocycles. The van der Waals surface area contributed by atoms with E-state index in [0.717, 1.165) is 5.69 Å². The Morgan fingerprint density at radius 3 is 2.85 bits per heavy atom. The number of thiazole rings is 1. The maximum Gasteiger partial charge on any atom is 0.126 e. The zero-order valence-corrected chi connectivity index (χ0v) is 8.73. The number of nitrogens with zero attached hydrogens (tertiary/aromatic N) is 1. The predicted molar refractivity (Wildman–Crippen MR) is 52.4 cm³/mol. The highest BCUT2D eigenvalue weighted by Crippen LogP contribution is 2.42. The average Bonchev–Trinajstić information content (AvgIpc) is 2.83. The third kappa shape index (κ3) is 1.75. The minimum atomic E-state index is -0.455. The summed E-state index contributed by atoms with van der Waals surface area (Å²) in [5, 5.41) is 3.28. The van der Waals surface area contributed by atoms with Gasteiger partial charge in [0.2, 0.25) is 0 Å². The van der Waals surface area contributed by atoms with Crippen molar-refractivity contribution in [3.8, 4) is 0 Å². The molecule has 0 radical (unpaired) electrons. The molecule has 1 aromatic heterocycles. The van der Waals surface area contributed by atoms with Gasteiger partial charge in [0, 0.05) is 11.3 Å². The Balaban J connectivity index is 2.20. The summed E-state index contributed by atoms with van der Waals surface area (Å²) in [7, 11) is 0. The van der Waals surface area contributed by atoms with E-state index >= 15 is 0 Å². The van der Waals surface area contributed by atoms with Gasteiger partial charge in [-0.1, -0.05) is 0 Å². The van der Waals surface area contributed by atoms with Gasteiger partial charge >= 0.3 is 0 Å². The molecule has 2 rings (SSSR count). The maximum atomic E-state index is 5.20. The lowest BCUT2D eigenvalue weighted by Gasteiger charge is -2.18. The molecule has 4 heteroatoms. The summed E-state index contributed by atoms with van der Waals surface area (Å²) in [6.07, 6.45) is 2.58. The van der Waals surface area contributed by atoms with Gasteiger partial charge in [-0.05, 0) is 26.7 Å². The molecule has 2 N–H and O–H groups in total. The van der Waals surface area contributed by atoms with Crippen molar-refractivity contribution in [2.75, 3.05) is 0 Å². The van der Waals surface area contributed by atoms with E-state index in [4.69, 9.17) is 10.7 Å². The third-order valence-corrected chi connectivity index (χ3v) is 3.37. The van der Waals surface area contributed by atoms with Gasteiger partial charge in [-0.3, -0.25) is 4.84 Å². The summed E-state index contributed by atoms with van der Waals surface area (Å²) in [4.78, 5) is 9.41. The molecule has 1 saturated carbocycles. The van der Waals surface area contributed by atoms with Crippen molar-refractivity contribution in [1.82, 2.24) is 4.98 Å². The van der Waals surface area contributed by atoms with E-state index in [1.54, 1.807) is 11.3 Å². The van der Waals surface area contributed by atoms with Gasteiger partial charge in [0.25, 0.3) is 0 Å². The Hall–Kier alpha value is -0.450. The fourth-order valence-corrected chi connectivity index (χ4v) is 2.29. The molecule has 1 heterocycles. The maximum absolute atomic E-state index is 5.20. The van der Waals surface area contributed by atoms with Crippen molar-refractivity contribution in [1.29, 1.82) is 0 Å². The van der Waals surface area contributed by atoms with Crippen LogP contribution in [0.2, 0.25) is 0 Å². The van der Waals surface area contributed by atoms with Crippen LogP contribution in [-0.4, -0.2) is 4.98 Å². The Morgan fingerprint density at radius 2 is 2.31 bits per heavy atom. The summed E-state index contributed by atoms with van der Waals surface area (Å²) < 4.78 is 0. The number of rotatable bonds is 3. The molecule has 1 aromatic rings. The van der Waals surface area contributed by atoms with Crippen LogP contribution in [0, 0.1) is 0 Å². The Labute approximate surface area is 81.9 Å². The Kier molecular flexibility index (Phi) is 2.14. The monoisotopic (exact) mass is 198 g/mol. The molecule has 0 aromatic carbocycles. The quantitative estimate of drug-likeness (QED) is 0.757. The number of nitrogens with two attached hydrogens (primary N) is 1. The average molecular weight is 198 g/mol. The minimum Gasteiger partial charge on any atom is -0.292 e. The number of hydrogen-bond acceptors (Lipinski definition) is 4. The van der Waals surface area contributed by atoms with Gasteiger partial charge in [-0.15, -0.1) is 11.3 Å². The summed E-state index contributed by atoms with van der Waals surface area (Å²) in [5.74, 6) is 5.92. The molecular weight excluding hydrogens is 184 g/mol. The standard InChI is InChI=1S/C9H14N2OS/c1-9(2,12-10)7-5-13-8(11-7)6-3-4-6/h5-6H,3-4,10H2,1-2H3. The van der Waals surface area contributed by atoms with Crippen molar-refractivity contribution >= 4 is 11.3 Å². The van der Waals surface area contributed by atoms with E-state index in [2.05, 4.69) is 4.98 Å². The molecule has 0 spiro atoms. The molecule has 13 heavy (non-hydrogen) atoms. The lowest BCUT2D eigenvalue weighted by atomic mass is 10.1. The zero-order chi connectivity index (χ0) is 9.47. The normalized spacial score (nSPS) is 17.8. The highest BCUT2D eigenvalue weighted by atomic mass is 32.1. The first-order chi connectivity index (χ1) is 6.13. The van der Waals surface area contributed by atoms with Crippen molar-refractivity contribution < 1.29 is 4.84 Å². The predicted octanol–water partition coefficient (Wildman–Crippen LogP) is 2.15. The van der Waals surface area contributed by atoms with E-state index in [9.17, 15) is 0 Å². The highest BCUT2D eigenvalue weighted by Gasteiger charge is 2.30. The van der Waals surface area contributed by atoms with Crippen LogP contribution in [0.1, 0.15) is 43.3 Å². The molecular formula is C9H14N2OS. The van der Waals surface area contributed by atoms with Gasteiger partial charge in [0.1, 0.15) is 5.60 Å². The van der Waals surface area contributed by atoms with Crippen LogP contribution in [0.15, 0.2) is 5.38 Å². The molecule has 0 atom stereocenters. The Morgan fingerprint density at radius 1 is 1.62 bits per heavy atom. The molecule has 0 unspecified atom stereocenters. The molecule has 72 valence electrons. The lowest BCUT2D eigenvalue weighted by molar-refractivity contribution is -0.0264. The highest BCUT2D eigenvalue weighted by molar-refractivity contribution is 7.09. The van der Waals surface area contributed by atoms with E-state index in [-0.39, 0.29) is 0 Å². The second-order valence-electron chi connectivity index (χ2n) is 3.97. The summed E-state index contributed by atoms with van der Waals surface area (Å²) in [6, 6.07) is 0.